The SMILES string of the molecule is Cc1n[nH]c(C)c1CNC(=O)c1c(=O)c2ccc(N3CCOCC3)nc2n2c1sc1ccccc12. The molecule has 0 saturated carbocycles. The van der Waals surface area contributed by atoms with E-state index in [4.69, 9.17) is 9.72 Å². The van der Waals surface area contributed by atoms with Crippen molar-refractivity contribution in [3.8, 4) is 0 Å². The number of carbonyl (C=O) groups excluding carboxylic acids is 1. The molecule has 9 nitrogen and oxygen atoms in total. The summed E-state index contributed by atoms with van der Waals surface area (Å²) in [5, 5.41) is 10.5. The molecule has 0 spiro atoms. The topological polar surface area (TPSA) is 105 Å². The Labute approximate surface area is 204 Å². The van der Waals surface area contributed by atoms with E-state index < -0.39 is 5.91 Å². The number of anilines is 1. The number of ether oxygens (including phenoxy) is 1. The van der Waals surface area contributed by atoms with E-state index in [1.165, 1.54) is 11.3 Å². The summed E-state index contributed by atoms with van der Waals surface area (Å²) in [5.74, 6) is 0.394. The number of morpholine rings is 1. The van der Waals surface area contributed by atoms with Gasteiger partial charge in [0.25, 0.3) is 5.91 Å². The average Bonchev–Trinajstić information content (AvgIpc) is 3.42. The molecule has 1 saturated heterocycles. The number of benzene rings is 1. The molecule has 1 aliphatic heterocycles. The van der Waals surface area contributed by atoms with Crippen molar-refractivity contribution in [2.45, 2.75) is 20.4 Å². The van der Waals surface area contributed by atoms with E-state index in [9.17, 15) is 9.59 Å². The van der Waals surface area contributed by atoms with Crippen LogP contribution < -0.4 is 15.6 Å². The molecule has 0 atom stereocenters. The summed E-state index contributed by atoms with van der Waals surface area (Å²) in [6, 6.07) is 11.5. The number of aromatic amines is 1. The number of pyridine rings is 2. The number of hydrogen-bond donors (Lipinski definition) is 2. The van der Waals surface area contributed by atoms with Crippen molar-refractivity contribution in [1.82, 2.24) is 24.9 Å². The molecule has 2 N–H and O–H groups in total. The summed E-state index contributed by atoms with van der Waals surface area (Å²) in [4.78, 5) is 34.8. The second kappa shape index (κ2) is 8.47. The largest absolute Gasteiger partial charge is 0.378 e. The van der Waals surface area contributed by atoms with Crippen molar-refractivity contribution in [1.29, 1.82) is 0 Å². The molecule has 4 aromatic heterocycles. The van der Waals surface area contributed by atoms with E-state index in [0.717, 1.165) is 46.1 Å². The molecule has 0 radical (unpaired) electrons. The summed E-state index contributed by atoms with van der Waals surface area (Å²) in [7, 11) is 0. The second-order valence-electron chi connectivity index (χ2n) is 8.65. The third-order valence-corrected chi connectivity index (χ3v) is 7.69. The van der Waals surface area contributed by atoms with Crippen LogP contribution in [0.3, 0.4) is 0 Å². The highest BCUT2D eigenvalue weighted by Gasteiger charge is 2.24. The summed E-state index contributed by atoms with van der Waals surface area (Å²) in [5.41, 5.74) is 3.94. The first-order valence-electron chi connectivity index (χ1n) is 11.5. The van der Waals surface area contributed by atoms with Gasteiger partial charge in [0.05, 0.1) is 34.5 Å². The Morgan fingerprint density at radius 1 is 1.17 bits per heavy atom. The fraction of sp³-hybridized carbons (Fsp3) is 0.280. The predicted molar refractivity (Wildman–Crippen MR) is 137 cm³/mol. The Balaban J connectivity index is 1.53. The van der Waals surface area contributed by atoms with Crippen molar-refractivity contribution in [3.63, 3.8) is 0 Å². The van der Waals surface area contributed by atoms with Crippen molar-refractivity contribution >= 4 is 49.1 Å². The number of para-hydroxylation sites is 1. The maximum atomic E-state index is 13.7. The summed E-state index contributed by atoms with van der Waals surface area (Å²) in [6.07, 6.45) is 0. The van der Waals surface area contributed by atoms with Gasteiger partial charge < -0.3 is 15.0 Å². The Kier molecular flexibility index (Phi) is 5.27. The molecule has 5 aromatic rings. The normalized spacial score (nSPS) is 14.3. The molecule has 0 bridgehead atoms. The number of rotatable bonds is 4. The van der Waals surface area contributed by atoms with E-state index in [2.05, 4.69) is 20.4 Å². The van der Waals surface area contributed by atoms with Gasteiger partial charge in [0.2, 0.25) is 5.43 Å². The van der Waals surface area contributed by atoms with Crippen LogP contribution in [-0.4, -0.2) is 51.8 Å². The Morgan fingerprint density at radius 2 is 1.97 bits per heavy atom. The molecule has 6 rings (SSSR count). The number of thiazole rings is 1. The second-order valence-corrected chi connectivity index (χ2v) is 9.68. The lowest BCUT2D eigenvalue weighted by molar-refractivity contribution is 0.0951. The number of amides is 1. The summed E-state index contributed by atoms with van der Waals surface area (Å²) >= 11 is 1.43. The van der Waals surface area contributed by atoms with Gasteiger partial charge in [-0.1, -0.05) is 12.1 Å². The Bertz CT molecular complexity index is 1640. The lowest BCUT2D eigenvalue weighted by atomic mass is 10.1. The van der Waals surface area contributed by atoms with Gasteiger partial charge in [0.1, 0.15) is 16.2 Å². The number of nitrogens with zero attached hydrogens (tertiary/aromatic N) is 4. The van der Waals surface area contributed by atoms with Crippen LogP contribution >= 0.6 is 11.3 Å². The molecular weight excluding hydrogens is 464 g/mol. The van der Waals surface area contributed by atoms with E-state index in [-0.39, 0.29) is 17.5 Å². The average molecular weight is 489 g/mol. The van der Waals surface area contributed by atoms with E-state index in [0.29, 0.717) is 29.1 Å². The van der Waals surface area contributed by atoms with Gasteiger partial charge in [-0.3, -0.25) is 19.1 Å². The Morgan fingerprint density at radius 3 is 2.74 bits per heavy atom. The highest BCUT2D eigenvalue weighted by molar-refractivity contribution is 7.24. The highest BCUT2D eigenvalue weighted by Crippen LogP contribution is 2.31. The van der Waals surface area contributed by atoms with Gasteiger partial charge in [-0.05, 0) is 38.1 Å². The monoisotopic (exact) mass is 488 g/mol. The fourth-order valence-corrected chi connectivity index (χ4v) is 5.82. The molecule has 0 aliphatic carbocycles. The van der Waals surface area contributed by atoms with Crippen LogP contribution in [0.5, 0.6) is 0 Å². The van der Waals surface area contributed by atoms with Crippen LogP contribution in [0.4, 0.5) is 5.82 Å². The van der Waals surface area contributed by atoms with Crippen LogP contribution in [0.2, 0.25) is 0 Å². The summed E-state index contributed by atoms with van der Waals surface area (Å²) < 4.78 is 8.40. The van der Waals surface area contributed by atoms with Gasteiger partial charge in [-0.2, -0.15) is 5.10 Å². The maximum Gasteiger partial charge on any atom is 0.258 e. The molecule has 0 unspecified atom stereocenters. The molecule has 1 amide bonds. The first-order chi connectivity index (χ1) is 17.0. The first kappa shape index (κ1) is 21.8. The molecule has 10 heteroatoms. The predicted octanol–water partition coefficient (Wildman–Crippen LogP) is 3.17. The molecule has 1 aromatic carbocycles. The van der Waals surface area contributed by atoms with Crippen molar-refractivity contribution < 1.29 is 9.53 Å². The zero-order valence-electron chi connectivity index (χ0n) is 19.4. The van der Waals surface area contributed by atoms with Crippen molar-refractivity contribution in [2.75, 3.05) is 31.2 Å². The molecule has 35 heavy (non-hydrogen) atoms. The number of hydrogen-bond acceptors (Lipinski definition) is 7. The number of nitrogens with one attached hydrogen (secondary N) is 2. The van der Waals surface area contributed by atoms with Crippen molar-refractivity contribution in [2.24, 2.45) is 0 Å². The Hall–Kier alpha value is -3.76. The molecule has 178 valence electrons. The number of H-pyrrole nitrogens is 1. The zero-order valence-corrected chi connectivity index (χ0v) is 20.2. The minimum atomic E-state index is -0.404. The van der Waals surface area contributed by atoms with E-state index in [1.807, 2.05) is 48.6 Å². The van der Waals surface area contributed by atoms with Crippen molar-refractivity contribution in [3.05, 3.63) is 69.1 Å². The fourth-order valence-electron chi connectivity index (χ4n) is 4.64. The van der Waals surface area contributed by atoms with Crippen LogP contribution in [-0.2, 0) is 11.3 Å². The lowest BCUT2D eigenvalue weighted by Crippen LogP contribution is -2.36. The standard InChI is InChI=1S/C25H24N6O3S/c1-14-17(15(2)29-28-14)13-26-24(33)21-22(32)16-7-8-20(30-9-11-34-12-10-30)27-23(16)31-18-5-3-4-6-19(18)35-25(21)31/h3-8H,9-13H2,1-2H3,(H,26,33)(H,28,29). The van der Waals surface area contributed by atoms with Gasteiger partial charge in [-0.15, -0.1) is 11.3 Å². The van der Waals surface area contributed by atoms with Crippen LogP contribution in [0.15, 0.2) is 41.2 Å². The van der Waals surface area contributed by atoms with E-state index >= 15 is 0 Å². The van der Waals surface area contributed by atoms with Gasteiger partial charge in [0.15, 0.2) is 5.65 Å². The number of aryl methyl sites for hydroxylation is 2. The maximum absolute atomic E-state index is 13.7. The minimum Gasteiger partial charge on any atom is -0.378 e. The molecule has 1 fully saturated rings. The van der Waals surface area contributed by atoms with Gasteiger partial charge in [0, 0.05) is 30.9 Å². The lowest BCUT2D eigenvalue weighted by Gasteiger charge is -2.27. The first-order valence-corrected chi connectivity index (χ1v) is 12.3. The highest BCUT2D eigenvalue weighted by atomic mass is 32.1. The van der Waals surface area contributed by atoms with Gasteiger partial charge >= 0.3 is 0 Å². The third kappa shape index (κ3) is 3.57. The van der Waals surface area contributed by atoms with Gasteiger partial charge in [-0.25, -0.2) is 4.98 Å². The quantitative estimate of drug-likeness (QED) is 0.403. The third-order valence-electron chi connectivity index (χ3n) is 6.54. The van der Waals surface area contributed by atoms with Crippen LogP contribution in [0.1, 0.15) is 27.3 Å². The molecule has 1 aliphatic rings. The smallest absolute Gasteiger partial charge is 0.258 e. The molecule has 5 heterocycles. The number of fused-ring (bicyclic) bond motifs is 5. The summed E-state index contributed by atoms with van der Waals surface area (Å²) in [6.45, 7) is 6.86. The van der Waals surface area contributed by atoms with E-state index in [1.54, 1.807) is 6.07 Å². The zero-order chi connectivity index (χ0) is 24.1. The van der Waals surface area contributed by atoms with Crippen LogP contribution in [0, 0.1) is 13.8 Å². The van der Waals surface area contributed by atoms with Crippen LogP contribution in [0.25, 0.3) is 26.1 Å². The number of carbonyl (C=O) groups is 1. The molecular formula is C25H24N6O3S. The minimum absolute atomic E-state index is 0.137. The number of aromatic nitrogens is 4.